The Bertz CT molecular complexity index is 1440. The Morgan fingerprint density at radius 3 is 2.51 bits per heavy atom. The highest BCUT2D eigenvalue weighted by molar-refractivity contribution is 6.03. The molecule has 37 heavy (non-hydrogen) atoms. The number of carbonyl (C=O) groups is 1. The highest BCUT2D eigenvalue weighted by Gasteiger charge is 2.65. The van der Waals surface area contributed by atoms with Gasteiger partial charge in [-0.05, 0) is 19.1 Å². The molecule has 0 radical (unpaired) electrons. The van der Waals surface area contributed by atoms with E-state index in [1.807, 2.05) is 0 Å². The third-order valence-electron chi connectivity index (χ3n) is 6.93. The lowest BCUT2D eigenvalue weighted by atomic mass is 9.76. The van der Waals surface area contributed by atoms with Crippen LogP contribution < -0.4 is 15.9 Å². The first-order valence-corrected chi connectivity index (χ1v) is 10.9. The highest BCUT2D eigenvalue weighted by atomic mass is 19.4. The number of primary amides is 1. The topological polar surface area (TPSA) is 107 Å². The molecule has 4 rings (SSSR count). The van der Waals surface area contributed by atoms with Crippen LogP contribution >= 0.6 is 0 Å². The Balaban J connectivity index is 2.00. The number of hydrogen-bond donors (Lipinski definition) is 2. The molecule has 13 heteroatoms. The number of nitrogens with two attached hydrogens (primary N) is 1. The maximum absolute atomic E-state index is 14.3. The number of hydrogen-bond acceptors (Lipinski definition) is 5. The van der Waals surface area contributed by atoms with Gasteiger partial charge in [-0.25, -0.2) is 13.2 Å². The van der Waals surface area contributed by atoms with Crippen LogP contribution in [-0.2, 0) is 4.74 Å². The predicted molar refractivity (Wildman–Crippen MR) is 119 cm³/mol. The minimum Gasteiger partial charge on any atom is -0.496 e. The second kappa shape index (κ2) is 9.05. The molecule has 4 atom stereocenters. The number of rotatable bonds is 5. The van der Waals surface area contributed by atoms with Crippen molar-refractivity contribution in [1.82, 2.24) is 9.97 Å². The second-order valence-electron chi connectivity index (χ2n) is 8.88. The summed E-state index contributed by atoms with van der Waals surface area (Å²) in [7, 11) is 0.999. The van der Waals surface area contributed by atoms with Crippen molar-refractivity contribution in [3.05, 3.63) is 69.0 Å². The van der Waals surface area contributed by atoms with E-state index in [1.165, 1.54) is 19.2 Å². The first kappa shape index (κ1) is 26.5. The Labute approximate surface area is 205 Å². The van der Waals surface area contributed by atoms with Crippen LogP contribution in [0.25, 0.3) is 10.9 Å². The molecule has 0 spiro atoms. The summed E-state index contributed by atoms with van der Waals surface area (Å²) in [6.45, 7) is 2.03. The molecule has 198 valence electrons. The monoisotopic (exact) mass is 529 g/mol. The Hall–Kier alpha value is -3.61. The summed E-state index contributed by atoms with van der Waals surface area (Å²) in [6.07, 6.45) is -8.58. The molecule has 1 amide bonds. The van der Waals surface area contributed by atoms with Gasteiger partial charge in [-0.2, -0.15) is 13.2 Å². The van der Waals surface area contributed by atoms with Gasteiger partial charge in [0, 0.05) is 35.4 Å². The molecular weight excluding hydrogens is 508 g/mol. The third kappa shape index (κ3) is 4.10. The van der Waals surface area contributed by atoms with Gasteiger partial charge in [0.25, 0.3) is 12.3 Å². The average molecular weight is 529 g/mol. The van der Waals surface area contributed by atoms with E-state index in [-0.39, 0.29) is 27.9 Å². The van der Waals surface area contributed by atoms with E-state index < -0.39 is 64.6 Å². The van der Waals surface area contributed by atoms with Crippen LogP contribution in [0, 0.1) is 11.7 Å². The molecular formula is C24H21F6N3O4. The van der Waals surface area contributed by atoms with Crippen molar-refractivity contribution in [1.29, 1.82) is 0 Å². The fraction of sp³-hybridized carbons (Fsp3) is 0.375. The van der Waals surface area contributed by atoms with Gasteiger partial charge in [0.2, 0.25) is 0 Å². The fourth-order valence-corrected chi connectivity index (χ4v) is 4.91. The summed E-state index contributed by atoms with van der Waals surface area (Å²) in [6, 6.07) is 4.04. The lowest BCUT2D eigenvalue weighted by Crippen LogP contribution is -2.46. The molecule has 3 aromatic rings. The molecule has 0 aliphatic carbocycles. The lowest BCUT2D eigenvalue weighted by molar-refractivity contribution is -0.275. The van der Waals surface area contributed by atoms with Crippen LogP contribution in [-0.4, -0.2) is 34.8 Å². The van der Waals surface area contributed by atoms with Gasteiger partial charge in [0.15, 0.2) is 11.0 Å². The number of methoxy groups -OCH3 is 1. The van der Waals surface area contributed by atoms with Gasteiger partial charge in [-0.1, -0.05) is 13.0 Å². The number of amides is 1. The number of alkyl halides is 5. The van der Waals surface area contributed by atoms with Crippen molar-refractivity contribution in [3.63, 3.8) is 0 Å². The first-order valence-electron chi connectivity index (χ1n) is 10.9. The van der Waals surface area contributed by atoms with Crippen LogP contribution in [0.5, 0.6) is 5.75 Å². The molecule has 1 aromatic carbocycles. The predicted octanol–water partition coefficient (Wildman–Crippen LogP) is 4.92. The molecule has 0 bridgehead atoms. The van der Waals surface area contributed by atoms with Crippen molar-refractivity contribution >= 4 is 16.8 Å². The summed E-state index contributed by atoms with van der Waals surface area (Å²) in [5, 5.41) is -0.181. The number of fused-ring (bicyclic) bond motifs is 1. The SMILES string of the molecule is COc1c([C@H]2[C@H](c3cc(=O)c4c(C(N)=O)nccc4[nH]3)O[C@@](C)(C(F)(F)F)[C@H]2C)ccc(F)c1C(F)F. The summed E-state index contributed by atoms with van der Waals surface area (Å²) in [4.78, 5) is 31.3. The zero-order valence-electron chi connectivity index (χ0n) is 19.6. The van der Waals surface area contributed by atoms with E-state index in [0.717, 1.165) is 32.2 Å². The smallest absolute Gasteiger partial charge is 0.417 e. The average Bonchev–Trinajstić information content (AvgIpc) is 3.09. The maximum Gasteiger partial charge on any atom is 0.417 e. The van der Waals surface area contributed by atoms with Gasteiger partial charge in [-0.3, -0.25) is 14.6 Å². The molecule has 0 unspecified atom stereocenters. The number of H-pyrrole nitrogens is 1. The number of pyridine rings is 2. The van der Waals surface area contributed by atoms with E-state index in [4.69, 9.17) is 15.2 Å². The minimum absolute atomic E-state index is 0.0428. The van der Waals surface area contributed by atoms with Crippen molar-refractivity contribution in [2.45, 2.75) is 44.1 Å². The lowest BCUT2D eigenvalue weighted by Gasteiger charge is -2.32. The van der Waals surface area contributed by atoms with E-state index >= 15 is 0 Å². The minimum atomic E-state index is -4.90. The molecule has 1 aliphatic heterocycles. The fourth-order valence-electron chi connectivity index (χ4n) is 4.91. The number of ether oxygens (including phenoxy) is 2. The molecule has 3 heterocycles. The quantitative estimate of drug-likeness (QED) is 0.457. The van der Waals surface area contributed by atoms with Crippen LogP contribution in [0.15, 0.2) is 35.3 Å². The number of carbonyl (C=O) groups excluding carboxylic acids is 1. The number of nitrogens with one attached hydrogen (secondary N) is 1. The maximum atomic E-state index is 14.3. The van der Waals surface area contributed by atoms with Crippen LogP contribution in [0.3, 0.4) is 0 Å². The summed E-state index contributed by atoms with van der Waals surface area (Å²) < 4.78 is 95.0. The zero-order chi connectivity index (χ0) is 27.4. The Morgan fingerprint density at radius 1 is 1.27 bits per heavy atom. The highest BCUT2D eigenvalue weighted by Crippen LogP contribution is 2.59. The van der Waals surface area contributed by atoms with Gasteiger partial charge < -0.3 is 20.2 Å². The number of aromatic amines is 1. The third-order valence-corrected chi connectivity index (χ3v) is 6.93. The molecule has 7 nitrogen and oxygen atoms in total. The molecule has 1 fully saturated rings. The van der Waals surface area contributed by atoms with E-state index in [1.54, 1.807) is 0 Å². The van der Waals surface area contributed by atoms with Crippen LogP contribution in [0.4, 0.5) is 26.3 Å². The summed E-state index contributed by atoms with van der Waals surface area (Å²) in [5.74, 6) is -5.61. The second-order valence-corrected chi connectivity index (χ2v) is 8.88. The molecule has 0 saturated carbocycles. The van der Waals surface area contributed by atoms with Gasteiger partial charge in [-0.15, -0.1) is 0 Å². The summed E-state index contributed by atoms with van der Waals surface area (Å²) in [5.41, 5.74) is 0.0353. The van der Waals surface area contributed by atoms with Crippen molar-refractivity contribution in [2.24, 2.45) is 11.7 Å². The number of aromatic nitrogens is 2. The van der Waals surface area contributed by atoms with Gasteiger partial charge in [0.05, 0.1) is 23.6 Å². The Morgan fingerprint density at radius 2 is 1.95 bits per heavy atom. The largest absolute Gasteiger partial charge is 0.496 e. The molecule has 1 aliphatic rings. The number of benzene rings is 1. The zero-order valence-corrected chi connectivity index (χ0v) is 19.6. The summed E-state index contributed by atoms with van der Waals surface area (Å²) >= 11 is 0. The molecule has 2 aromatic heterocycles. The van der Waals surface area contributed by atoms with Crippen LogP contribution in [0.2, 0.25) is 0 Å². The number of halogens is 6. The van der Waals surface area contributed by atoms with Crippen molar-refractivity contribution in [2.75, 3.05) is 7.11 Å². The van der Waals surface area contributed by atoms with Crippen LogP contribution in [0.1, 0.15) is 59.6 Å². The first-order chi connectivity index (χ1) is 17.2. The van der Waals surface area contributed by atoms with Gasteiger partial charge >= 0.3 is 6.18 Å². The number of nitrogens with zero attached hydrogens (tertiary/aromatic N) is 1. The van der Waals surface area contributed by atoms with Crippen molar-refractivity contribution in [3.8, 4) is 5.75 Å². The van der Waals surface area contributed by atoms with Gasteiger partial charge in [0.1, 0.15) is 23.4 Å². The normalized spacial score (nSPS) is 24.1. The van der Waals surface area contributed by atoms with E-state index in [2.05, 4.69) is 9.97 Å². The molecule has 3 N–H and O–H groups in total. The Kier molecular flexibility index (Phi) is 6.47. The van der Waals surface area contributed by atoms with E-state index in [0.29, 0.717) is 0 Å². The van der Waals surface area contributed by atoms with E-state index in [9.17, 15) is 35.9 Å². The standard InChI is InChI=1S/C24H21F6N3O4/c1-9-15(10-4-5-11(25)16(21(26)27)19(10)36-3)20(37-23(9,2)24(28,29)30)13-8-14(34)17-12(33-13)6-7-32-18(17)22(31)35/h4-9,15,20-21H,1-3H3,(H2,31,35)(H,33,34)/t9-,15-,20-,23+/m0/s1. The molecule has 1 saturated heterocycles. The van der Waals surface area contributed by atoms with Crippen molar-refractivity contribution < 1.29 is 40.6 Å².